The summed E-state index contributed by atoms with van der Waals surface area (Å²) in [5, 5.41) is 4.33. The average Bonchev–Trinajstić information content (AvgIpc) is 2.46. The first-order valence-corrected chi connectivity index (χ1v) is 7.96. The van der Waals surface area contributed by atoms with Crippen molar-refractivity contribution < 1.29 is 0 Å². The number of nitrogens with one attached hydrogen (secondary N) is 1. The Morgan fingerprint density at radius 2 is 2.00 bits per heavy atom. The molecule has 0 spiro atoms. The third-order valence-electron chi connectivity index (χ3n) is 3.11. The highest BCUT2D eigenvalue weighted by atomic mass is 79.9. The third kappa shape index (κ3) is 4.30. The van der Waals surface area contributed by atoms with Gasteiger partial charge in [0.1, 0.15) is 0 Å². The Labute approximate surface area is 133 Å². The van der Waals surface area contributed by atoms with E-state index in [9.17, 15) is 0 Å². The number of nitrogens with zero attached hydrogens (tertiary/aromatic N) is 1. The van der Waals surface area contributed by atoms with E-state index in [1.54, 1.807) is 0 Å². The van der Waals surface area contributed by atoms with Gasteiger partial charge in [0.15, 0.2) is 0 Å². The van der Waals surface area contributed by atoms with Crippen LogP contribution in [0.15, 0.2) is 47.1 Å². The highest BCUT2D eigenvalue weighted by molar-refractivity contribution is 9.10. The molecule has 2 aromatic rings. The predicted octanol–water partition coefficient (Wildman–Crippen LogP) is 4.78. The van der Waals surface area contributed by atoms with Crippen LogP contribution in [0.25, 0.3) is 0 Å². The van der Waals surface area contributed by atoms with Gasteiger partial charge in [-0.15, -0.1) is 0 Å². The smallest absolute Gasteiger partial charge is 0.0718 e. The van der Waals surface area contributed by atoms with Gasteiger partial charge in [-0.3, -0.25) is 4.98 Å². The number of pyridine rings is 1. The van der Waals surface area contributed by atoms with Gasteiger partial charge in [0.25, 0.3) is 0 Å². The monoisotopic (exact) mass is 352 g/mol. The molecule has 1 heterocycles. The molecular formula is C16H18BrClN2. The van der Waals surface area contributed by atoms with Crippen LogP contribution >= 0.6 is 27.5 Å². The molecule has 0 saturated heterocycles. The van der Waals surface area contributed by atoms with Gasteiger partial charge >= 0.3 is 0 Å². The van der Waals surface area contributed by atoms with E-state index in [0.717, 1.165) is 34.6 Å². The van der Waals surface area contributed by atoms with E-state index in [-0.39, 0.29) is 6.04 Å². The Bertz CT molecular complexity index is 542. The van der Waals surface area contributed by atoms with Crippen LogP contribution in [0.4, 0.5) is 0 Å². The van der Waals surface area contributed by atoms with E-state index in [1.165, 1.54) is 5.56 Å². The second-order valence-electron chi connectivity index (χ2n) is 4.71. The van der Waals surface area contributed by atoms with Gasteiger partial charge in [0, 0.05) is 15.7 Å². The summed E-state index contributed by atoms with van der Waals surface area (Å²) in [6.07, 6.45) is 3.83. The van der Waals surface area contributed by atoms with Crippen molar-refractivity contribution in [3.8, 4) is 0 Å². The SMILES string of the molecule is CCCNC(Cc1ccc(Cl)cc1)c1ncccc1Br. The molecule has 1 atom stereocenters. The van der Waals surface area contributed by atoms with Gasteiger partial charge < -0.3 is 5.32 Å². The molecule has 2 rings (SSSR count). The zero-order valence-electron chi connectivity index (χ0n) is 11.4. The van der Waals surface area contributed by atoms with E-state index in [4.69, 9.17) is 11.6 Å². The Morgan fingerprint density at radius 1 is 1.25 bits per heavy atom. The maximum absolute atomic E-state index is 5.94. The first-order valence-electron chi connectivity index (χ1n) is 6.79. The lowest BCUT2D eigenvalue weighted by Gasteiger charge is -2.19. The van der Waals surface area contributed by atoms with Crippen LogP contribution in [0.1, 0.15) is 30.6 Å². The Kier molecular flexibility index (Phi) is 6.02. The Balaban J connectivity index is 2.19. The zero-order chi connectivity index (χ0) is 14.4. The topological polar surface area (TPSA) is 24.9 Å². The Morgan fingerprint density at radius 3 is 2.65 bits per heavy atom. The second-order valence-corrected chi connectivity index (χ2v) is 6.00. The van der Waals surface area contributed by atoms with Crippen LogP contribution < -0.4 is 5.32 Å². The molecule has 1 N–H and O–H groups in total. The molecule has 2 nitrogen and oxygen atoms in total. The summed E-state index contributed by atoms with van der Waals surface area (Å²) in [5.74, 6) is 0. The fourth-order valence-electron chi connectivity index (χ4n) is 2.09. The van der Waals surface area contributed by atoms with Crippen molar-refractivity contribution in [1.82, 2.24) is 10.3 Å². The van der Waals surface area contributed by atoms with Crippen molar-refractivity contribution in [3.63, 3.8) is 0 Å². The maximum atomic E-state index is 5.94. The molecule has 1 aromatic carbocycles. The van der Waals surface area contributed by atoms with Crippen LogP contribution in [0.3, 0.4) is 0 Å². The van der Waals surface area contributed by atoms with Gasteiger partial charge in [-0.25, -0.2) is 0 Å². The van der Waals surface area contributed by atoms with Crippen molar-refractivity contribution in [2.24, 2.45) is 0 Å². The first-order chi connectivity index (χ1) is 9.70. The van der Waals surface area contributed by atoms with Gasteiger partial charge in [-0.2, -0.15) is 0 Å². The molecule has 0 bridgehead atoms. The van der Waals surface area contributed by atoms with E-state index < -0.39 is 0 Å². The number of benzene rings is 1. The molecule has 1 aromatic heterocycles. The van der Waals surface area contributed by atoms with Crippen LogP contribution in [0.5, 0.6) is 0 Å². The molecule has 4 heteroatoms. The lowest BCUT2D eigenvalue weighted by atomic mass is 10.0. The van der Waals surface area contributed by atoms with Crippen LogP contribution in [-0.2, 0) is 6.42 Å². The standard InChI is InChI=1S/C16H18BrClN2/c1-2-9-19-15(16-14(17)4-3-10-20-16)11-12-5-7-13(18)8-6-12/h3-8,10,15,19H,2,9,11H2,1H3. The quantitative estimate of drug-likeness (QED) is 0.808. The summed E-state index contributed by atoms with van der Waals surface area (Å²) in [6.45, 7) is 3.14. The minimum Gasteiger partial charge on any atom is -0.308 e. The van der Waals surface area contributed by atoms with Crippen molar-refractivity contribution >= 4 is 27.5 Å². The summed E-state index contributed by atoms with van der Waals surface area (Å²) in [5.41, 5.74) is 2.30. The average molecular weight is 354 g/mol. The van der Waals surface area contributed by atoms with Crippen molar-refractivity contribution in [3.05, 3.63) is 63.3 Å². The minimum atomic E-state index is 0.201. The molecule has 0 aliphatic carbocycles. The molecule has 0 amide bonds. The summed E-state index contributed by atoms with van der Waals surface area (Å²) < 4.78 is 1.04. The van der Waals surface area contributed by atoms with E-state index in [2.05, 4.69) is 45.3 Å². The largest absolute Gasteiger partial charge is 0.308 e. The Hall–Kier alpha value is -0.900. The molecule has 0 radical (unpaired) electrons. The number of hydrogen-bond donors (Lipinski definition) is 1. The normalized spacial score (nSPS) is 12.3. The number of aromatic nitrogens is 1. The summed E-state index contributed by atoms with van der Waals surface area (Å²) in [4.78, 5) is 4.51. The van der Waals surface area contributed by atoms with E-state index in [0.29, 0.717) is 0 Å². The van der Waals surface area contributed by atoms with Crippen LogP contribution in [0, 0.1) is 0 Å². The molecule has 0 aliphatic rings. The fourth-order valence-corrected chi connectivity index (χ4v) is 2.75. The molecule has 106 valence electrons. The molecule has 0 fully saturated rings. The van der Waals surface area contributed by atoms with Crippen LogP contribution in [-0.4, -0.2) is 11.5 Å². The van der Waals surface area contributed by atoms with Gasteiger partial charge in [-0.05, 0) is 65.1 Å². The zero-order valence-corrected chi connectivity index (χ0v) is 13.8. The molecule has 0 aliphatic heterocycles. The van der Waals surface area contributed by atoms with Crippen molar-refractivity contribution in [1.29, 1.82) is 0 Å². The van der Waals surface area contributed by atoms with Gasteiger partial charge in [-0.1, -0.05) is 30.7 Å². The van der Waals surface area contributed by atoms with Crippen molar-refractivity contribution in [2.45, 2.75) is 25.8 Å². The van der Waals surface area contributed by atoms with E-state index >= 15 is 0 Å². The third-order valence-corrected chi connectivity index (χ3v) is 4.03. The first kappa shape index (κ1) is 15.5. The lowest BCUT2D eigenvalue weighted by Crippen LogP contribution is -2.25. The number of hydrogen-bond acceptors (Lipinski definition) is 2. The van der Waals surface area contributed by atoms with E-state index in [1.807, 2.05) is 30.5 Å². The summed E-state index contributed by atoms with van der Waals surface area (Å²) in [6, 6.07) is 12.2. The minimum absolute atomic E-state index is 0.201. The number of rotatable bonds is 6. The number of halogens is 2. The van der Waals surface area contributed by atoms with Crippen LogP contribution in [0.2, 0.25) is 5.02 Å². The van der Waals surface area contributed by atoms with Gasteiger partial charge in [0.05, 0.1) is 11.7 Å². The maximum Gasteiger partial charge on any atom is 0.0718 e. The summed E-state index contributed by atoms with van der Waals surface area (Å²) >= 11 is 9.53. The predicted molar refractivity (Wildman–Crippen MR) is 88.1 cm³/mol. The molecule has 1 unspecified atom stereocenters. The lowest BCUT2D eigenvalue weighted by molar-refractivity contribution is 0.516. The highest BCUT2D eigenvalue weighted by Crippen LogP contribution is 2.24. The fraction of sp³-hybridized carbons (Fsp3) is 0.312. The summed E-state index contributed by atoms with van der Waals surface area (Å²) in [7, 11) is 0. The highest BCUT2D eigenvalue weighted by Gasteiger charge is 2.15. The molecule has 0 saturated carbocycles. The van der Waals surface area contributed by atoms with Gasteiger partial charge in [0.2, 0.25) is 0 Å². The second kappa shape index (κ2) is 7.77. The molecular weight excluding hydrogens is 336 g/mol. The van der Waals surface area contributed by atoms with Crippen molar-refractivity contribution in [2.75, 3.05) is 6.54 Å². The molecule has 20 heavy (non-hydrogen) atoms.